The number of ether oxygens (including phenoxy) is 2. The molecular formula is C11H21NO2. The number of rotatable bonds is 3. The fourth-order valence-corrected chi connectivity index (χ4v) is 2.77. The van der Waals surface area contributed by atoms with Crippen LogP contribution in [0.2, 0.25) is 0 Å². The van der Waals surface area contributed by atoms with E-state index in [1.165, 1.54) is 19.3 Å². The summed E-state index contributed by atoms with van der Waals surface area (Å²) in [5.41, 5.74) is 5.55. The second-order valence-electron chi connectivity index (χ2n) is 4.38. The average molecular weight is 199 g/mol. The van der Waals surface area contributed by atoms with Gasteiger partial charge in [-0.15, -0.1) is 0 Å². The van der Waals surface area contributed by atoms with Gasteiger partial charge in [-0.3, -0.25) is 0 Å². The minimum Gasteiger partial charge on any atom is -0.347 e. The monoisotopic (exact) mass is 199 g/mol. The molecule has 0 amide bonds. The Labute approximate surface area is 85.9 Å². The van der Waals surface area contributed by atoms with Crippen LogP contribution in [0.3, 0.4) is 0 Å². The molecule has 1 unspecified atom stereocenters. The van der Waals surface area contributed by atoms with Gasteiger partial charge in [-0.2, -0.15) is 0 Å². The predicted molar refractivity (Wildman–Crippen MR) is 54.9 cm³/mol. The minimum absolute atomic E-state index is 0.215. The van der Waals surface area contributed by atoms with E-state index in [2.05, 4.69) is 0 Å². The second kappa shape index (κ2) is 4.60. The summed E-state index contributed by atoms with van der Waals surface area (Å²) in [4.78, 5) is 0. The quantitative estimate of drug-likeness (QED) is 0.751. The van der Waals surface area contributed by atoms with E-state index in [9.17, 15) is 0 Å². The van der Waals surface area contributed by atoms with Crippen molar-refractivity contribution in [2.24, 2.45) is 11.7 Å². The summed E-state index contributed by atoms with van der Waals surface area (Å²) in [6.45, 7) is 2.34. The van der Waals surface area contributed by atoms with Crippen LogP contribution in [-0.2, 0) is 9.47 Å². The molecule has 2 fully saturated rings. The van der Waals surface area contributed by atoms with Crippen LogP contribution < -0.4 is 5.73 Å². The Morgan fingerprint density at radius 2 is 2.00 bits per heavy atom. The molecule has 2 aliphatic rings. The van der Waals surface area contributed by atoms with Crippen molar-refractivity contribution in [3.05, 3.63) is 0 Å². The molecule has 1 atom stereocenters. The molecule has 1 aliphatic heterocycles. The first-order chi connectivity index (χ1) is 6.87. The zero-order chi connectivity index (χ0) is 9.86. The van der Waals surface area contributed by atoms with Crippen molar-refractivity contribution in [2.45, 2.75) is 44.3 Å². The zero-order valence-corrected chi connectivity index (χ0v) is 8.84. The Bertz CT molecular complexity index is 178. The number of hydrogen-bond acceptors (Lipinski definition) is 3. The normalized spacial score (nSPS) is 31.1. The third kappa shape index (κ3) is 1.95. The summed E-state index contributed by atoms with van der Waals surface area (Å²) in [5, 5.41) is 0. The molecule has 1 heterocycles. The van der Waals surface area contributed by atoms with Crippen molar-refractivity contribution in [3.8, 4) is 0 Å². The van der Waals surface area contributed by atoms with Gasteiger partial charge in [0.05, 0.1) is 13.2 Å². The van der Waals surface area contributed by atoms with Gasteiger partial charge in [0, 0.05) is 12.3 Å². The minimum atomic E-state index is -0.215. The lowest BCUT2D eigenvalue weighted by atomic mass is 9.80. The smallest absolute Gasteiger partial charge is 0.171 e. The zero-order valence-electron chi connectivity index (χ0n) is 8.84. The Hall–Kier alpha value is -0.120. The van der Waals surface area contributed by atoms with Crippen molar-refractivity contribution in [1.82, 2.24) is 0 Å². The van der Waals surface area contributed by atoms with E-state index >= 15 is 0 Å². The molecule has 0 bridgehead atoms. The van der Waals surface area contributed by atoms with E-state index < -0.39 is 0 Å². The van der Waals surface area contributed by atoms with Gasteiger partial charge in [-0.1, -0.05) is 6.42 Å². The molecule has 0 aromatic heterocycles. The first-order valence-electron chi connectivity index (χ1n) is 5.85. The highest BCUT2D eigenvalue weighted by Crippen LogP contribution is 2.42. The van der Waals surface area contributed by atoms with Gasteiger partial charge in [-0.05, 0) is 32.2 Å². The van der Waals surface area contributed by atoms with Crippen LogP contribution >= 0.6 is 0 Å². The molecule has 3 nitrogen and oxygen atoms in total. The van der Waals surface area contributed by atoms with Crippen LogP contribution in [0.4, 0.5) is 0 Å². The van der Waals surface area contributed by atoms with E-state index in [-0.39, 0.29) is 5.79 Å². The van der Waals surface area contributed by atoms with Crippen LogP contribution in [0, 0.1) is 5.92 Å². The van der Waals surface area contributed by atoms with Gasteiger partial charge in [0.15, 0.2) is 5.79 Å². The van der Waals surface area contributed by atoms with Gasteiger partial charge in [0.25, 0.3) is 0 Å². The molecule has 1 aliphatic carbocycles. The summed E-state index contributed by atoms with van der Waals surface area (Å²) in [7, 11) is 0. The van der Waals surface area contributed by atoms with Crippen molar-refractivity contribution < 1.29 is 9.47 Å². The van der Waals surface area contributed by atoms with Crippen molar-refractivity contribution in [2.75, 3.05) is 19.8 Å². The SMILES string of the molecule is NCCCC1CCCCC12OCCO2. The predicted octanol–water partition coefficient (Wildman–Crippen LogP) is 1.66. The van der Waals surface area contributed by atoms with Crippen molar-refractivity contribution in [3.63, 3.8) is 0 Å². The molecule has 0 aromatic carbocycles. The molecular weight excluding hydrogens is 178 g/mol. The maximum atomic E-state index is 5.83. The topological polar surface area (TPSA) is 44.5 Å². The summed E-state index contributed by atoms with van der Waals surface area (Å²) in [6, 6.07) is 0. The molecule has 3 heteroatoms. The van der Waals surface area contributed by atoms with Gasteiger partial charge in [0.2, 0.25) is 0 Å². The molecule has 1 saturated heterocycles. The van der Waals surface area contributed by atoms with E-state index in [0.717, 1.165) is 39.0 Å². The van der Waals surface area contributed by atoms with E-state index in [0.29, 0.717) is 5.92 Å². The van der Waals surface area contributed by atoms with Crippen LogP contribution in [-0.4, -0.2) is 25.5 Å². The molecule has 0 aromatic rings. The van der Waals surface area contributed by atoms with Gasteiger partial charge in [0.1, 0.15) is 0 Å². The standard InChI is InChI=1S/C11H21NO2/c12-7-3-5-10-4-1-2-6-11(10)13-8-9-14-11/h10H,1-9,12H2. The fourth-order valence-electron chi connectivity index (χ4n) is 2.77. The summed E-state index contributed by atoms with van der Waals surface area (Å²) in [5.74, 6) is 0.371. The Kier molecular flexibility index (Phi) is 3.42. The fraction of sp³-hybridized carbons (Fsp3) is 1.00. The number of nitrogens with two attached hydrogens (primary N) is 1. The first kappa shape index (κ1) is 10.4. The summed E-state index contributed by atoms with van der Waals surface area (Å²) >= 11 is 0. The maximum absolute atomic E-state index is 5.83. The lowest BCUT2D eigenvalue weighted by Crippen LogP contribution is -2.42. The van der Waals surface area contributed by atoms with Gasteiger partial charge < -0.3 is 15.2 Å². The van der Waals surface area contributed by atoms with Crippen molar-refractivity contribution in [1.29, 1.82) is 0 Å². The first-order valence-corrected chi connectivity index (χ1v) is 5.85. The lowest BCUT2D eigenvalue weighted by Gasteiger charge is -2.39. The van der Waals surface area contributed by atoms with Crippen LogP contribution in [0.25, 0.3) is 0 Å². The summed E-state index contributed by atoms with van der Waals surface area (Å²) in [6.07, 6.45) is 7.17. The largest absolute Gasteiger partial charge is 0.347 e. The van der Waals surface area contributed by atoms with E-state index in [1.54, 1.807) is 0 Å². The highest BCUT2D eigenvalue weighted by Gasteiger charge is 2.45. The van der Waals surface area contributed by atoms with E-state index in [1.807, 2.05) is 0 Å². The highest BCUT2D eigenvalue weighted by molar-refractivity contribution is 4.86. The Morgan fingerprint density at radius 3 is 2.71 bits per heavy atom. The second-order valence-corrected chi connectivity index (χ2v) is 4.38. The van der Waals surface area contributed by atoms with Crippen molar-refractivity contribution >= 4 is 0 Å². The van der Waals surface area contributed by atoms with E-state index in [4.69, 9.17) is 15.2 Å². The third-order valence-electron chi connectivity index (χ3n) is 3.48. The van der Waals surface area contributed by atoms with Crippen LogP contribution in [0.15, 0.2) is 0 Å². The number of hydrogen-bond donors (Lipinski definition) is 1. The molecule has 2 rings (SSSR count). The Morgan fingerprint density at radius 1 is 1.21 bits per heavy atom. The molecule has 1 spiro atoms. The molecule has 0 radical (unpaired) electrons. The molecule has 82 valence electrons. The molecule has 2 N–H and O–H groups in total. The lowest BCUT2D eigenvalue weighted by molar-refractivity contribution is -0.213. The van der Waals surface area contributed by atoms with Gasteiger partial charge >= 0.3 is 0 Å². The Balaban J connectivity index is 1.95. The molecule has 14 heavy (non-hydrogen) atoms. The molecule has 1 saturated carbocycles. The summed E-state index contributed by atoms with van der Waals surface area (Å²) < 4.78 is 11.7. The highest BCUT2D eigenvalue weighted by atomic mass is 16.7. The van der Waals surface area contributed by atoms with Crippen LogP contribution in [0.1, 0.15) is 38.5 Å². The van der Waals surface area contributed by atoms with Gasteiger partial charge in [-0.25, -0.2) is 0 Å². The van der Waals surface area contributed by atoms with Crippen LogP contribution in [0.5, 0.6) is 0 Å². The average Bonchev–Trinajstić information content (AvgIpc) is 2.66. The third-order valence-corrected chi connectivity index (χ3v) is 3.48. The maximum Gasteiger partial charge on any atom is 0.171 e.